The largest absolute Gasteiger partial charge is 0.342 e. The van der Waals surface area contributed by atoms with Gasteiger partial charge >= 0.3 is 0 Å². The first-order valence-electron chi connectivity index (χ1n) is 13.1. The van der Waals surface area contributed by atoms with E-state index in [9.17, 15) is 4.79 Å². The molecule has 1 aromatic carbocycles. The van der Waals surface area contributed by atoms with Crippen molar-refractivity contribution >= 4 is 5.91 Å². The van der Waals surface area contributed by atoms with Crippen LogP contribution in [0.3, 0.4) is 0 Å². The van der Waals surface area contributed by atoms with Crippen LogP contribution in [0.25, 0.3) is 0 Å². The number of carbonyl (C=O) groups is 1. The van der Waals surface area contributed by atoms with Crippen LogP contribution in [0.2, 0.25) is 0 Å². The van der Waals surface area contributed by atoms with Gasteiger partial charge in [-0.1, -0.05) is 56.2 Å². The molecule has 2 aliphatic heterocycles. The Morgan fingerprint density at radius 2 is 1.61 bits per heavy atom. The number of carbonyl (C=O) groups excluding carboxylic acids is 1. The van der Waals surface area contributed by atoms with Crippen molar-refractivity contribution in [2.75, 3.05) is 26.2 Å². The van der Waals surface area contributed by atoms with E-state index in [4.69, 9.17) is 4.98 Å². The highest BCUT2D eigenvalue weighted by molar-refractivity contribution is 5.82. The highest BCUT2D eigenvalue weighted by Gasteiger charge is 2.41. The smallest absolute Gasteiger partial charge is 0.228 e. The molecule has 3 fully saturated rings. The van der Waals surface area contributed by atoms with Gasteiger partial charge in [0.25, 0.3) is 0 Å². The standard InChI is InChI=1S/C29H39N3O/c1-29(16-20-31(21-17-29)26-11-5-6-12-26)28(33)32-18-14-24(15-19-32)27-13-7-10-25(30-27)22-23-8-3-2-4-9-23/h2-4,7-10,13,24,26H,5-6,11-12,14-22H2,1H3. The van der Waals surface area contributed by atoms with Gasteiger partial charge in [-0.15, -0.1) is 0 Å². The molecule has 0 N–H and O–H groups in total. The molecule has 1 amide bonds. The van der Waals surface area contributed by atoms with E-state index in [-0.39, 0.29) is 5.41 Å². The summed E-state index contributed by atoms with van der Waals surface area (Å²) in [4.78, 5) is 23.3. The first-order valence-corrected chi connectivity index (χ1v) is 13.1. The number of piperidine rings is 2. The predicted octanol–water partition coefficient (Wildman–Crippen LogP) is 5.42. The van der Waals surface area contributed by atoms with E-state index in [0.717, 1.165) is 70.0 Å². The minimum absolute atomic E-state index is 0.171. The Hall–Kier alpha value is -2.20. The fraction of sp³-hybridized carbons (Fsp3) is 0.586. The lowest BCUT2D eigenvalue weighted by Crippen LogP contribution is -2.52. The third-order valence-electron chi connectivity index (χ3n) is 8.52. The van der Waals surface area contributed by atoms with E-state index in [1.165, 1.54) is 36.9 Å². The zero-order chi connectivity index (χ0) is 22.7. The van der Waals surface area contributed by atoms with Crippen molar-refractivity contribution in [3.05, 3.63) is 65.5 Å². The summed E-state index contributed by atoms with van der Waals surface area (Å²) < 4.78 is 0. The lowest BCUT2D eigenvalue weighted by molar-refractivity contribution is -0.145. The van der Waals surface area contributed by atoms with Crippen molar-refractivity contribution in [2.45, 2.75) is 76.7 Å². The highest BCUT2D eigenvalue weighted by atomic mass is 16.2. The summed E-state index contributed by atoms with van der Waals surface area (Å²) in [6, 6.07) is 17.8. The molecule has 4 heteroatoms. The molecule has 2 saturated heterocycles. The number of likely N-dealkylation sites (tertiary alicyclic amines) is 2. The van der Waals surface area contributed by atoms with Crippen molar-refractivity contribution in [2.24, 2.45) is 5.41 Å². The SMILES string of the molecule is CC1(C(=O)N2CCC(c3cccc(Cc4ccccc4)n3)CC2)CCN(C2CCCC2)CC1. The minimum atomic E-state index is -0.171. The molecule has 0 atom stereocenters. The van der Waals surface area contributed by atoms with Gasteiger partial charge in [-0.3, -0.25) is 9.78 Å². The number of pyridine rings is 1. The third kappa shape index (κ3) is 5.16. The van der Waals surface area contributed by atoms with Crippen LogP contribution in [-0.4, -0.2) is 52.9 Å². The van der Waals surface area contributed by atoms with Gasteiger partial charge in [0, 0.05) is 48.3 Å². The van der Waals surface area contributed by atoms with Gasteiger partial charge < -0.3 is 9.80 Å². The van der Waals surface area contributed by atoms with Crippen LogP contribution in [0.5, 0.6) is 0 Å². The van der Waals surface area contributed by atoms with E-state index in [1.54, 1.807) is 0 Å². The predicted molar refractivity (Wildman–Crippen MR) is 133 cm³/mol. The topological polar surface area (TPSA) is 36.4 Å². The average molecular weight is 446 g/mol. The number of aromatic nitrogens is 1. The summed E-state index contributed by atoms with van der Waals surface area (Å²) in [7, 11) is 0. The summed E-state index contributed by atoms with van der Waals surface area (Å²) in [6.45, 7) is 6.16. The van der Waals surface area contributed by atoms with Gasteiger partial charge in [-0.2, -0.15) is 0 Å². The molecule has 3 heterocycles. The Labute approximate surface area is 199 Å². The maximum Gasteiger partial charge on any atom is 0.228 e. The van der Waals surface area contributed by atoms with Gasteiger partial charge in [0.15, 0.2) is 0 Å². The molecule has 33 heavy (non-hydrogen) atoms. The first kappa shape index (κ1) is 22.6. The average Bonchev–Trinajstić information content (AvgIpc) is 3.40. The molecule has 0 spiro atoms. The van der Waals surface area contributed by atoms with Crippen LogP contribution in [0.15, 0.2) is 48.5 Å². The quantitative estimate of drug-likeness (QED) is 0.616. The van der Waals surface area contributed by atoms with Crippen molar-refractivity contribution in [1.29, 1.82) is 0 Å². The Bertz CT molecular complexity index is 921. The Morgan fingerprint density at radius 3 is 2.30 bits per heavy atom. The monoisotopic (exact) mass is 445 g/mol. The summed E-state index contributed by atoms with van der Waals surface area (Å²) in [6.07, 6.45) is 10.5. The summed E-state index contributed by atoms with van der Waals surface area (Å²) in [5.41, 5.74) is 3.47. The van der Waals surface area contributed by atoms with Crippen LogP contribution >= 0.6 is 0 Å². The zero-order valence-corrected chi connectivity index (χ0v) is 20.2. The molecule has 0 radical (unpaired) electrons. The van der Waals surface area contributed by atoms with Crippen LogP contribution in [-0.2, 0) is 11.2 Å². The lowest BCUT2D eigenvalue weighted by atomic mass is 9.78. The third-order valence-corrected chi connectivity index (χ3v) is 8.52. The Morgan fingerprint density at radius 1 is 0.909 bits per heavy atom. The van der Waals surface area contributed by atoms with Crippen molar-refractivity contribution in [3.63, 3.8) is 0 Å². The van der Waals surface area contributed by atoms with E-state index < -0.39 is 0 Å². The Balaban J connectivity index is 1.15. The number of amides is 1. The van der Waals surface area contributed by atoms with E-state index in [1.807, 2.05) is 0 Å². The summed E-state index contributed by atoms with van der Waals surface area (Å²) in [5, 5.41) is 0. The van der Waals surface area contributed by atoms with Gasteiger partial charge in [-0.25, -0.2) is 0 Å². The highest BCUT2D eigenvalue weighted by Crippen LogP contribution is 2.37. The van der Waals surface area contributed by atoms with Gasteiger partial charge in [-0.05, 0) is 69.3 Å². The second-order valence-corrected chi connectivity index (χ2v) is 10.8. The summed E-state index contributed by atoms with van der Waals surface area (Å²) >= 11 is 0. The molecule has 4 nitrogen and oxygen atoms in total. The van der Waals surface area contributed by atoms with Gasteiger partial charge in [0.1, 0.15) is 0 Å². The maximum absolute atomic E-state index is 13.5. The minimum Gasteiger partial charge on any atom is -0.342 e. The molecule has 1 aromatic heterocycles. The van der Waals surface area contributed by atoms with Crippen molar-refractivity contribution < 1.29 is 4.79 Å². The van der Waals surface area contributed by atoms with E-state index >= 15 is 0 Å². The number of benzene rings is 1. The van der Waals surface area contributed by atoms with Gasteiger partial charge in [0.2, 0.25) is 5.91 Å². The number of nitrogens with zero attached hydrogens (tertiary/aromatic N) is 3. The van der Waals surface area contributed by atoms with Crippen LogP contribution in [0.1, 0.15) is 81.2 Å². The number of hydrogen-bond acceptors (Lipinski definition) is 3. The lowest BCUT2D eigenvalue weighted by Gasteiger charge is -2.44. The second kappa shape index (κ2) is 9.97. The molecular formula is C29H39N3O. The van der Waals surface area contributed by atoms with Crippen LogP contribution in [0, 0.1) is 5.41 Å². The Kier molecular flexibility index (Phi) is 6.82. The number of rotatable bonds is 5. The van der Waals surface area contributed by atoms with Crippen molar-refractivity contribution in [3.8, 4) is 0 Å². The fourth-order valence-corrected chi connectivity index (χ4v) is 6.25. The maximum atomic E-state index is 13.5. The molecule has 1 aliphatic carbocycles. The fourth-order valence-electron chi connectivity index (χ4n) is 6.25. The second-order valence-electron chi connectivity index (χ2n) is 10.8. The molecule has 0 unspecified atom stereocenters. The van der Waals surface area contributed by atoms with Crippen LogP contribution < -0.4 is 0 Å². The normalized spacial score (nSPS) is 22.5. The van der Waals surface area contributed by atoms with Gasteiger partial charge in [0.05, 0.1) is 0 Å². The zero-order valence-electron chi connectivity index (χ0n) is 20.2. The molecule has 5 rings (SSSR count). The molecule has 0 bridgehead atoms. The van der Waals surface area contributed by atoms with Crippen molar-refractivity contribution in [1.82, 2.24) is 14.8 Å². The van der Waals surface area contributed by atoms with E-state index in [0.29, 0.717) is 11.8 Å². The first-order chi connectivity index (χ1) is 16.1. The molecule has 2 aromatic rings. The molecule has 176 valence electrons. The molecular weight excluding hydrogens is 406 g/mol. The van der Waals surface area contributed by atoms with E-state index in [2.05, 4.69) is 65.3 Å². The molecule has 3 aliphatic rings. The van der Waals surface area contributed by atoms with Crippen LogP contribution in [0.4, 0.5) is 0 Å². The number of hydrogen-bond donors (Lipinski definition) is 0. The summed E-state index contributed by atoms with van der Waals surface area (Å²) in [5.74, 6) is 0.861. The molecule has 1 saturated carbocycles.